The van der Waals surface area contributed by atoms with Crippen LogP contribution in [0.25, 0.3) is 0 Å². The molecule has 3 heterocycles. The minimum absolute atomic E-state index is 0.177. The fourth-order valence-electron chi connectivity index (χ4n) is 4.35. The number of hydrogen-bond donors (Lipinski definition) is 1. The van der Waals surface area contributed by atoms with Gasteiger partial charge in [0.2, 0.25) is 0 Å². The van der Waals surface area contributed by atoms with E-state index < -0.39 is 6.09 Å². The molecule has 1 saturated heterocycles. The van der Waals surface area contributed by atoms with E-state index in [2.05, 4.69) is 40.1 Å². The van der Waals surface area contributed by atoms with Gasteiger partial charge in [-0.2, -0.15) is 5.26 Å². The zero-order valence-corrected chi connectivity index (χ0v) is 18.4. The first-order chi connectivity index (χ1) is 15.1. The number of nitriles is 1. The van der Waals surface area contributed by atoms with E-state index in [-0.39, 0.29) is 12.5 Å². The summed E-state index contributed by atoms with van der Waals surface area (Å²) in [6, 6.07) is 12.2. The van der Waals surface area contributed by atoms with Crippen LogP contribution < -0.4 is 4.90 Å². The Labute approximate surface area is 186 Å². The van der Waals surface area contributed by atoms with Crippen molar-refractivity contribution in [2.24, 2.45) is 0 Å². The first kappa shape index (κ1) is 21.4. The minimum Gasteiger partial charge on any atom is -0.465 e. The highest BCUT2D eigenvalue weighted by molar-refractivity contribution is 7.98. The Kier molecular flexibility index (Phi) is 6.59. The number of rotatable bonds is 5. The zero-order valence-electron chi connectivity index (χ0n) is 17.6. The topological polar surface area (TPSA) is 96.6 Å². The summed E-state index contributed by atoms with van der Waals surface area (Å²) in [7, 11) is 0. The average Bonchev–Trinajstić information content (AvgIpc) is 2.79. The van der Waals surface area contributed by atoms with Crippen LogP contribution in [0.3, 0.4) is 0 Å². The van der Waals surface area contributed by atoms with Gasteiger partial charge < -0.3 is 14.9 Å². The number of fused-ring (bicyclic) bond motifs is 1. The average molecular weight is 439 g/mol. The maximum atomic E-state index is 11.6. The molecule has 2 aliphatic rings. The number of aromatic nitrogens is 2. The van der Waals surface area contributed by atoms with E-state index in [1.165, 1.54) is 22.2 Å². The predicted molar refractivity (Wildman–Crippen MR) is 119 cm³/mol. The molecule has 2 aromatic rings. The fourth-order valence-corrected chi connectivity index (χ4v) is 4.73. The van der Waals surface area contributed by atoms with Crippen molar-refractivity contribution in [2.45, 2.75) is 37.1 Å². The molecule has 1 N–H and O–H groups in total. The molecule has 31 heavy (non-hydrogen) atoms. The van der Waals surface area contributed by atoms with Gasteiger partial charge in [0.25, 0.3) is 0 Å². The SMILES string of the molecule is CSc1nc2c(c(N3CCN(C(=O)O)[C@@H](CC#N)C3)n1)CCN(Cc1ccccc1)C2. The van der Waals surface area contributed by atoms with Crippen LogP contribution in [0.1, 0.15) is 23.2 Å². The monoisotopic (exact) mass is 438 g/mol. The van der Waals surface area contributed by atoms with E-state index in [1.807, 2.05) is 12.3 Å². The Morgan fingerprint density at radius 3 is 2.77 bits per heavy atom. The van der Waals surface area contributed by atoms with Gasteiger partial charge in [-0.25, -0.2) is 14.8 Å². The largest absolute Gasteiger partial charge is 0.465 e. The first-order valence-electron chi connectivity index (χ1n) is 10.4. The van der Waals surface area contributed by atoms with Gasteiger partial charge in [0.05, 0.1) is 24.2 Å². The van der Waals surface area contributed by atoms with E-state index >= 15 is 0 Å². The van der Waals surface area contributed by atoms with Crippen LogP contribution in [0.2, 0.25) is 0 Å². The third-order valence-electron chi connectivity index (χ3n) is 5.89. The molecule has 0 unspecified atom stereocenters. The van der Waals surface area contributed by atoms with Crippen molar-refractivity contribution in [1.29, 1.82) is 5.26 Å². The Bertz CT molecular complexity index is 980. The summed E-state index contributed by atoms with van der Waals surface area (Å²) >= 11 is 1.52. The zero-order chi connectivity index (χ0) is 21.8. The van der Waals surface area contributed by atoms with Gasteiger partial charge in [0, 0.05) is 44.8 Å². The van der Waals surface area contributed by atoms with Crippen molar-refractivity contribution >= 4 is 23.7 Å². The molecule has 1 aromatic carbocycles. The summed E-state index contributed by atoms with van der Waals surface area (Å²) in [4.78, 5) is 27.1. The molecule has 1 amide bonds. The molecule has 0 saturated carbocycles. The van der Waals surface area contributed by atoms with Crippen LogP contribution in [0.15, 0.2) is 35.5 Å². The number of carbonyl (C=O) groups is 1. The molecule has 1 fully saturated rings. The second-order valence-electron chi connectivity index (χ2n) is 7.84. The maximum absolute atomic E-state index is 11.6. The van der Waals surface area contributed by atoms with Crippen LogP contribution in [0.4, 0.5) is 10.6 Å². The fraction of sp³-hybridized carbons (Fsp3) is 0.455. The summed E-state index contributed by atoms with van der Waals surface area (Å²) < 4.78 is 0. The van der Waals surface area contributed by atoms with Crippen molar-refractivity contribution < 1.29 is 9.90 Å². The van der Waals surface area contributed by atoms with E-state index in [9.17, 15) is 15.2 Å². The number of nitrogens with zero attached hydrogens (tertiary/aromatic N) is 6. The number of piperazine rings is 1. The molecule has 4 rings (SSSR count). The third kappa shape index (κ3) is 4.75. The van der Waals surface area contributed by atoms with Gasteiger partial charge in [-0.05, 0) is 18.2 Å². The smallest absolute Gasteiger partial charge is 0.407 e. The maximum Gasteiger partial charge on any atom is 0.407 e. The van der Waals surface area contributed by atoms with Crippen molar-refractivity contribution in [1.82, 2.24) is 19.8 Å². The Balaban J connectivity index is 1.58. The molecule has 8 nitrogen and oxygen atoms in total. The van der Waals surface area contributed by atoms with Crippen LogP contribution in [0.5, 0.6) is 0 Å². The Hall–Kier alpha value is -2.83. The van der Waals surface area contributed by atoms with Crippen molar-refractivity contribution in [3.63, 3.8) is 0 Å². The number of amides is 1. The van der Waals surface area contributed by atoms with Gasteiger partial charge >= 0.3 is 6.09 Å². The molecule has 1 atom stereocenters. The van der Waals surface area contributed by atoms with Crippen molar-refractivity contribution in [3.05, 3.63) is 47.2 Å². The van der Waals surface area contributed by atoms with Gasteiger partial charge in [-0.15, -0.1) is 0 Å². The molecule has 0 radical (unpaired) electrons. The molecule has 1 aromatic heterocycles. The lowest BCUT2D eigenvalue weighted by Crippen LogP contribution is -2.55. The Morgan fingerprint density at radius 2 is 2.06 bits per heavy atom. The highest BCUT2D eigenvalue weighted by Crippen LogP contribution is 2.31. The molecular weight excluding hydrogens is 412 g/mol. The second kappa shape index (κ2) is 9.54. The van der Waals surface area contributed by atoms with Gasteiger partial charge in [-0.3, -0.25) is 4.90 Å². The van der Waals surface area contributed by atoms with E-state index in [0.717, 1.165) is 48.3 Å². The minimum atomic E-state index is -0.967. The van der Waals surface area contributed by atoms with Crippen LogP contribution in [0, 0.1) is 11.3 Å². The molecule has 2 aliphatic heterocycles. The summed E-state index contributed by atoms with van der Waals surface area (Å²) in [6.45, 7) is 3.99. The lowest BCUT2D eigenvalue weighted by Gasteiger charge is -2.41. The molecule has 162 valence electrons. The van der Waals surface area contributed by atoms with Crippen LogP contribution in [-0.4, -0.2) is 69.4 Å². The molecular formula is C22H26N6O2S. The van der Waals surface area contributed by atoms with Gasteiger partial charge in [0.1, 0.15) is 5.82 Å². The summed E-state index contributed by atoms with van der Waals surface area (Å²) in [5.74, 6) is 0.904. The Morgan fingerprint density at radius 1 is 1.26 bits per heavy atom. The summed E-state index contributed by atoms with van der Waals surface area (Å²) in [5, 5.41) is 19.4. The normalized spacial score (nSPS) is 19.0. The summed E-state index contributed by atoms with van der Waals surface area (Å²) in [5.41, 5.74) is 3.49. The highest BCUT2D eigenvalue weighted by atomic mass is 32.2. The van der Waals surface area contributed by atoms with Gasteiger partial charge in [0.15, 0.2) is 5.16 Å². The molecule has 0 spiro atoms. The van der Waals surface area contributed by atoms with Crippen molar-refractivity contribution in [2.75, 3.05) is 37.3 Å². The predicted octanol–water partition coefficient (Wildman–Crippen LogP) is 2.84. The summed E-state index contributed by atoms with van der Waals surface area (Å²) in [6.07, 6.45) is 2.03. The quantitative estimate of drug-likeness (QED) is 0.562. The van der Waals surface area contributed by atoms with Crippen LogP contribution >= 0.6 is 11.8 Å². The first-order valence-corrected chi connectivity index (χ1v) is 11.6. The molecule has 9 heteroatoms. The van der Waals surface area contributed by atoms with Crippen LogP contribution in [-0.2, 0) is 19.5 Å². The third-order valence-corrected chi connectivity index (χ3v) is 6.44. The number of anilines is 1. The number of benzene rings is 1. The van der Waals surface area contributed by atoms with Gasteiger partial charge in [-0.1, -0.05) is 42.1 Å². The highest BCUT2D eigenvalue weighted by Gasteiger charge is 2.33. The standard InChI is InChI=1S/C22H26N6O2S/c1-31-21-24-19-15-26(13-16-5-3-2-4-6-16)10-8-18(19)20(25-21)27-11-12-28(22(29)30)17(14-27)7-9-23/h2-6,17H,7-8,10-15H2,1H3,(H,29,30)/t17-/m0/s1. The number of thioether (sulfide) groups is 1. The van der Waals surface area contributed by atoms with E-state index in [0.29, 0.717) is 19.6 Å². The number of hydrogen-bond acceptors (Lipinski definition) is 7. The lowest BCUT2D eigenvalue weighted by atomic mass is 10.0. The number of carboxylic acid groups (broad SMARTS) is 1. The molecule has 0 aliphatic carbocycles. The van der Waals surface area contributed by atoms with E-state index in [4.69, 9.17) is 9.97 Å². The lowest BCUT2D eigenvalue weighted by molar-refractivity contribution is 0.119. The van der Waals surface area contributed by atoms with E-state index in [1.54, 1.807) is 0 Å². The second-order valence-corrected chi connectivity index (χ2v) is 8.62. The molecule has 0 bridgehead atoms. The van der Waals surface area contributed by atoms with Crippen molar-refractivity contribution in [3.8, 4) is 6.07 Å².